The van der Waals surface area contributed by atoms with Gasteiger partial charge < -0.3 is 14.5 Å². The molecular weight excluding hydrogens is 376 g/mol. The molecule has 1 aromatic heterocycles. The number of hydrogen-bond acceptors (Lipinski definition) is 5. The van der Waals surface area contributed by atoms with Gasteiger partial charge in [0.05, 0.1) is 12.8 Å². The van der Waals surface area contributed by atoms with Gasteiger partial charge in [0, 0.05) is 43.7 Å². The molecule has 2 aliphatic heterocycles. The van der Waals surface area contributed by atoms with Gasteiger partial charge in [0.1, 0.15) is 17.9 Å². The Kier molecular flexibility index (Phi) is 6.21. The zero-order valence-electron chi connectivity index (χ0n) is 18.3. The van der Waals surface area contributed by atoms with Crippen molar-refractivity contribution in [2.75, 3.05) is 38.2 Å². The number of piperidine rings is 2. The number of amides is 1. The summed E-state index contributed by atoms with van der Waals surface area (Å²) < 4.78 is 5.24. The molecule has 6 heteroatoms. The molecule has 1 aromatic carbocycles. The molecule has 2 aliphatic rings. The first-order valence-electron chi connectivity index (χ1n) is 11.0. The standard InChI is InChI=1S/C24H32N4O2/c1-17-12-18(2)15-28(14-17)24(29)20-8-10-27(11-9-20)23-13-22(25-16-26-23)19-4-6-21(30-3)7-5-19/h4-7,13,16-18,20H,8-12,14-15H2,1-3H3. The molecule has 2 unspecified atom stereocenters. The van der Waals surface area contributed by atoms with Crippen molar-refractivity contribution in [3.05, 3.63) is 36.7 Å². The van der Waals surface area contributed by atoms with Crippen LogP contribution in [0.25, 0.3) is 11.3 Å². The number of aromatic nitrogens is 2. The van der Waals surface area contributed by atoms with Gasteiger partial charge in [0.15, 0.2) is 0 Å². The number of rotatable bonds is 4. The fourth-order valence-corrected chi connectivity index (χ4v) is 4.90. The summed E-state index contributed by atoms with van der Waals surface area (Å²) in [5.74, 6) is 3.47. The minimum atomic E-state index is 0.140. The minimum Gasteiger partial charge on any atom is -0.497 e. The second-order valence-electron chi connectivity index (χ2n) is 8.94. The lowest BCUT2D eigenvalue weighted by Crippen LogP contribution is -2.48. The highest BCUT2D eigenvalue weighted by Gasteiger charge is 2.32. The number of benzene rings is 1. The molecule has 4 rings (SSSR count). The fraction of sp³-hybridized carbons (Fsp3) is 0.542. The quantitative estimate of drug-likeness (QED) is 0.769. The number of carbonyl (C=O) groups excluding carboxylic acids is 1. The van der Waals surface area contributed by atoms with E-state index >= 15 is 0 Å². The number of anilines is 1. The Labute approximate surface area is 179 Å². The maximum Gasteiger partial charge on any atom is 0.225 e. The van der Waals surface area contributed by atoms with Crippen molar-refractivity contribution < 1.29 is 9.53 Å². The molecule has 0 saturated carbocycles. The van der Waals surface area contributed by atoms with Crippen LogP contribution in [0, 0.1) is 17.8 Å². The van der Waals surface area contributed by atoms with E-state index in [0.29, 0.717) is 17.7 Å². The topological polar surface area (TPSA) is 58.6 Å². The normalized spacial score (nSPS) is 22.8. The third kappa shape index (κ3) is 4.58. The third-order valence-electron chi connectivity index (χ3n) is 6.39. The summed E-state index contributed by atoms with van der Waals surface area (Å²) in [7, 11) is 1.67. The molecular formula is C24H32N4O2. The van der Waals surface area contributed by atoms with Gasteiger partial charge in [0.25, 0.3) is 0 Å². The SMILES string of the molecule is COc1ccc(-c2cc(N3CCC(C(=O)N4CC(C)CC(C)C4)CC3)ncn2)cc1. The van der Waals surface area contributed by atoms with Crippen LogP contribution in [0.1, 0.15) is 33.1 Å². The average Bonchev–Trinajstić information content (AvgIpc) is 2.78. The van der Waals surface area contributed by atoms with Gasteiger partial charge in [-0.05, 0) is 55.4 Å². The molecule has 2 fully saturated rings. The molecule has 6 nitrogen and oxygen atoms in total. The lowest BCUT2D eigenvalue weighted by atomic mass is 9.89. The van der Waals surface area contributed by atoms with Crippen molar-refractivity contribution in [3.8, 4) is 17.0 Å². The summed E-state index contributed by atoms with van der Waals surface area (Å²) in [4.78, 5) is 26.4. The Morgan fingerprint density at radius 2 is 1.70 bits per heavy atom. The minimum absolute atomic E-state index is 0.140. The Bertz CT molecular complexity index is 852. The monoisotopic (exact) mass is 408 g/mol. The van der Waals surface area contributed by atoms with E-state index in [2.05, 4.69) is 33.6 Å². The van der Waals surface area contributed by atoms with Gasteiger partial charge in [-0.25, -0.2) is 9.97 Å². The second kappa shape index (κ2) is 9.02. The number of likely N-dealkylation sites (tertiary alicyclic amines) is 1. The molecule has 0 spiro atoms. The molecule has 0 radical (unpaired) electrons. The van der Waals surface area contributed by atoms with E-state index < -0.39 is 0 Å². The maximum atomic E-state index is 13.1. The lowest BCUT2D eigenvalue weighted by Gasteiger charge is -2.39. The van der Waals surface area contributed by atoms with Crippen molar-refractivity contribution in [1.82, 2.24) is 14.9 Å². The molecule has 2 saturated heterocycles. The van der Waals surface area contributed by atoms with E-state index in [1.807, 2.05) is 30.3 Å². The number of hydrogen-bond donors (Lipinski definition) is 0. The summed E-state index contributed by atoms with van der Waals surface area (Å²) in [5.41, 5.74) is 1.94. The number of methoxy groups -OCH3 is 1. The predicted molar refractivity (Wildman–Crippen MR) is 118 cm³/mol. The van der Waals surface area contributed by atoms with Crippen molar-refractivity contribution in [1.29, 1.82) is 0 Å². The Morgan fingerprint density at radius 3 is 2.33 bits per heavy atom. The Balaban J connectivity index is 1.38. The number of ether oxygens (including phenoxy) is 1. The van der Waals surface area contributed by atoms with Crippen molar-refractivity contribution in [2.24, 2.45) is 17.8 Å². The number of nitrogens with zero attached hydrogens (tertiary/aromatic N) is 4. The third-order valence-corrected chi connectivity index (χ3v) is 6.39. The highest BCUT2D eigenvalue weighted by molar-refractivity contribution is 5.79. The van der Waals surface area contributed by atoms with E-state index in [1.54, 1.807) is 13.4 Å². The van der Waals surface area contributed by atoms with Crippen LogP contribution in [0.2, 0.25) is 0 Å². The van der Waals surface area contributed by atoms with Crippen molar-refractivity contribution >= 4 is 11.7 Å². The van der Waals surface area contributed by atoms with Gasteiger partial charge in [-0.3, -0.25) is 4.79 Å². The smallest absolute Gasteiger partial charge is 0.225 e. The summed E-state index contributed by atoms with van der Waals surface area (Å²) in [6.45, 7) is 8.06. The molecule has 1 amide bonds. The van der Waals surface area contributed by atoms with E-state index in [1.165, 1.54) is 6.42 Å². The predicted octanol–water partition coefficient (Wildman–Crippen LogP) is 3.87. The molecule has 30 heavy (non-hydrogen) atoms. The maximum absolute atomic E-state index is 13.1. The first-order chi connectivity index (χ1) is 14.5. The molecule has 0 N–H and O–H groups in total. The number of carbonyl (C=O) groups is 1. The van der Waals surface area contributed by atoms with E-state index in [9.17, 15) is 4.79 Å². The first-order valence-corrected chi connectivity index (χ1v) is 11.0. The van der Waals surface area contributed by atoms with Crippen molar-refractivity contribution in [2.45, 2.75) is 33.1 Å². The van der Waals surface area contributed by atoms with Crippen LogP contribution in [0.4, 0.5) is 5.82 Å². The molecule has 0 aliphatic carbocycles. The second-order valence-corrected chi connectivity index (χ2v) is 8.94. The molecule has 2 atom stereocenters. The van der Waals surface area contributed by atoms with Gasteiger partial charge in [-0.2, -0.15) is 0 Å². The van der Waals surface area contributed by atoms with Gasteiger partial charge in [-0.15, -0.1) is 0 Å². The summed E-state index contributed by atoms with van der Waals surface area (Å²) >= 11 is 0. The molecule has 3 heterocycles. The van der Waals surface area contributed by atoms with E-state index in [-0.39, 0.29) is 5.92 Å². The lowest BCUT2D eigenvalue weighted by molar-refractivity contribution is -0.138. The van der Waals surface area contributed by atoms with Crippen LogP contribution in [-0.2, 0) is 4.79 Å². The zero-order valence-corrected chi connectivity index (χ0v) is 18.3. The highest BCUT2D eigenvalue weighted by atomic mass is 16.5. The highest BCUT2D eigenvalue weighted by Crippen LogP contribution is 2.29. The summed E-state index contributed by atoms with van der Waals surface area (Å²) in [5, 5.41) is 0. The summed E-state index contributed by atoms with van der Waals surface area (Å²) in [6, 6.07) is 9.94. The van der Waals surface area contributed by atoms with Gasteiger partial charge in [0.2, 0.25) is 5.91 Å². The van der Waals surface area contributed by atoms with Crippen molar-refractivity contribution in [3.63, 3.8) is 0 Å². The Hall–Kier alpha value is -2.63. The zero-order chi connectivity index (χ0) is 21.1. The largest absolute Gasteiger partial charge is 0.497 e. The van der Waals surface area contributed by atoms with Crippen LogP contribution < -0.4 is 9.64 Å². The molecule has 160 valence electrons. The molecule has 2 aromatic rings. The van der Waals surface area contributed by atoms with Crippen LogP contribution in [-0.4, -0.2) is 54.1 Å². The summed E-state index contributed by atoms with van der Waals surface area (Å²) in [6.07, 6.45) is 4.63. The van der Waals surface area contributed by atoms with Crippen LogP contribution in [0.3, 0.4) is 0 Å². The fourth-order valence-electron chi connectivity index (χ4n) is 4.90. The average molecular weight is 409 g/mol. The van der Waals surface area contributed by atoms with Crippen LogP contribution in [0.5, 0.6) is 5.75 Å². The van der Waals surface area contributed by atoms with Crippen LogP contribution in [0.15, 0.2) is 36.7 Å². The van der Waals surface area contributed by atoms with E-state index in [0.717, 1.165) is 61.8 Å². The van der Waals surface area contributed by atoms with Crippen LogP contribution >= 0.6 is 0 Å². The van der Waals surface area contributed by atoms with Gasteiger partial charge in [-0.1, -0.05) is 13.8 Å². The van der Waals surface area contributed by atoms with Gasteiger partial charge >= 0.3 is 0 Å². The molecule has 0 bridgehead atoms. The first kappa shape index (κ1) is 20.6. The van der Waals surface area contributed by atoms with E-state index in [4.69, 9.17) is 4.74 Å². The Morgan fingerprint density at radius 1 is 1.03 bits per heavy atom.